The first-order chi connectivity index (χ1) is 16.9. The monoisotopic (exact) mass is 468 g/mol. The van der Waals surface area contributed by atoms with E-state index >= 15 is 0 Å². The van der Waals surface area contributed by atoms with E-state index in [1.807, 2.05) is 37.3 Å². The van der Waals surface area contributed by atoms with E-state index in [-0.39, 0.29) is 17.8 Å². The van der Waals surface area contributed by atoms with Crippen molar-refractivity contribution in [1.29, 1.82) is 0 Å². The predicted molar refractivity (Wildman–Crippen MR) is 132 cm³/mol. The summed E-state index contributed by atoms with van der Waals surface area (Å²) in [5, 5.41) is 4.60. The van der Waals surface area contributed by atoms with Gasteiger partial charge < -0.3 is 9.88 Å². The second-order valence-corrected chi connectivity index (χ2v) is 8.11. The topological polar surface area (TPSA) is 83.4 Å². The highest BCUT2D eigenvalue weighted by atomic mass is 19.1. The highest BCUT2D eigenvalue weighted by Crippen LogP contribution is 2.30. The van der Waals surface area contributed by atoms with E-state index in [1.54, 1.807) is 47.0 Å². The average Bonchev–Trinajstić information content (AvgIpc) is 3.29. The van der Waals surface area contributed by atoms with Crippen LogP contribution in [0.4, 0.5) is 15.8 Å². The van der Waals surface area contributed by atoms with E-state index in [9.17, 15) is 18.8 Å². The van der Waals surface area contributed by atoms with Crippen LogP contribution in [-0.2, 0) is 20.9 Å². The fourth-order valence-electron chi connectivity index (χ4n) is 4.20. The molecule has 0 saturated carbocycles. The molecule has 1 aromatic heterocycles. The molecule has 1 aliphatic rings. The summed E-state index contributed by atoms with van der Waals surface area (Å²) in [6, 6.07) is 22.2. The number of anilines is 2. The van der Waals surface area contributed by atoms with Gasteiger partial charge in [-0.2, -0.15) is 0 Å². The van der Waals surface area contributed by atoms with Crippen LogP contribution in [-0.4, -0.2) is 22.3 Å². The van der Waals surface area contributed by atoms with Gasteiger partial charge in [-0.1, -0.05) is 48.5 Å². The largest absolute Gasteiger partial charge is 0.335 e. The zero-order valence-electron chi connectivity index (χ0n) is 18.8. The van der Waals surface area contributed by atoms with Crippen LogP contribution in [0, 0.1) is 12.7 Å². The van der Waals surface area contributed by atoms with Gasteiger partial charge in [0.1, 0.15) is 17.9 Å². The van der Waals surface area contributed by atoms with Crippen LogP contribution in [0.15, 0.2) is 84.4 Å². The van der Waals surface area contributed by atoms with E-state index in [0.29, 0.717) is 16.9 Å². The second-order valence-electron chi connectivity index (χ2n) is 8.11. The van der Waals surface area contributed by atoms with Gasteiger partial charge in [-0.15, -0.1) is 0 Å². The molecule has 35 heavy (non-hydrogen) atoms. The molecule has 2 heterocycles. The Bertz CT molecular complexity index is 1510. The highest BCUT2D eigenvalue weighted by Gasteiger charge is 2.35. The number of hydrogen-bond acceptors (Lipinski definition) is 3. The van der Waals surface area contributed by atoms with Gasteiger partial charge in [-0.3, -0.25) is 19.8 Å². The Morgan fingerprint density at radius 2 is 1.66 bits per heavy atom. The molecule has 0 radical (unpaired) electrons. The van der Waals surface area contributed by atoms with E-state index in [2.05, 4.69) is 10.7 Å². The summed E-state index contributed by atoms with van der Waals surface area (Å²) in [5.41, 5.74) is 5.36. The van der Waals surface area contributed by atoms with Gasteiger partial charge in [0.25, 0.3) is 11.8 Å². The molecule has 3 amide bonds. The molecule has 0 unspecified atom stereocenters. The van der Waals surface area contributed by atoms with Gasteiger partial charge in [0.15, 0.2) is 0 Å². The number of rotatable bonds is 5. The van der Waals surface area contributed by atoms with Crippen molar-refractivity contribution in [1.82, 2.24) is 9.99 Å². The summed E-state index contributed by atoms with van der Waals surface area (Å²) in [6.45, 7) is 1.75. The van der Waals surface area contributed by atoms with E-state index in [0.717, 1.165) is 10.9 Å². The van der Waals surface area contributed by atoms with Crippen molar-refractivity contribution >= 4 is 46.1 Å². The minimum Gasteiger partial charge on any atom is -0.335 e. The first-order valence-electron chi connectivity index (χ1n) is 11.0. The third-order valence-corrected chi connectivity index (χ3v) is 5.92. The first-order valence-corrected chi connectivity index (χ1v) is 11.0. The normalized spacial score (nSPS) is 14.6. The Morgan fingerprint density at radius 3 is 2.43 bits per heavy atom. The van der Waals surface area contributed by atoms with E-state index < -0.39 is 23.5 Å². The molecule has 174 valence electrons. The summed E-state index contributed by atoms with van der Waals surface area (Å²) in [6.07, 6.45) is 1.56. The summed E-state index contributed by atoms with van der Waals surface area (Å²) < 4.78 is 15.8. The molecular weight excluding hydrogens is 447 g/mol. The van der Waals surface area contributed by atoms with Crippen LogP contribution in [0.1, 0.15) is 11.3 Å². The Kier molecular flexibility index (Phi) is 5.62. The first kappa shape index (κ1) is 22.1. The average molecular weight is 468 g/mol. The predicted octanol–water partition coefficient (Wildman–Crippen LogP) is 4.19. The molecule has 2 N–H and O–H groups in total. The van der Waals surface area contributed by atoms with Crippen LogP contribution in [0.2, 0.25) is 0 Å². The lowest BCUT2D eigenvalue weighted by atomic mass is 10.1. The molecule has 1 aliphatic heterocycles. The zero-order valence-corrected chi connectivity index (χ0v) is 18.8. The van der Waals surface area contributed by atoms with Gasteiger partial charge >= 0.3 is 0 Å². The van der Waals surface area contributed by atoms with Crippen molar-refractivity contribution in [3.63, 3.8) is 0 Å². The molecule has 1 saturated heterocycles. The number of hydrogen-bond donors (Lipinski definition) is 2. The number of aromatic nitrogens is 1. The third-order valence-electron chi connectivity index (χ3n) is 5.92. The molecule has 3 aromatic carbocycles. The number of halogens is 1. The lowest BCUT2D eigenvalue weighted by Crippen LogP contribution is -2.35. The van der Waals surface area contributed by atoms with Crippen molar-refractivity contribution < 1.29 is 18.8 Å². The van der Waals surface area contributed by atoms with Crippen LogP contribution in [0.5, 0.6) is 0 Å². The maximum atomic E-state index is 14.0. The molecule has 5 rings (SSSR count). The molecular formula is C27H21FN4O3. The van der Waals surface area contributed by atoms with Gasteiger partial charge in [0.2, 0.25) is 5.91 Å². The molecule has 0 bridgehead atoms. The number of carbonyl (C=O) groups excluding carboxylic acids is 3. The van der Waals surface area contributed by atoms with Crippen molar-refractivity contribution in [3.8, 4) is 0 Å². The minimum atomic E-state index is -0.519. The fourth-order valence-corrected chi connectivity index (χ4v) is 4.20. The van der Waals surface area contributed by atoms with E-state index in [1.165, 1.54) is 17.1 Å². The Morgan fingerprint density at radius 1 is 0.971 bits per heavy atom. The fraction of sp³-hybridized carbons (Fsp3) is 0.0741. The summed E-state index contributed by atoms with van der Waals surface area (Å²) in [5.74, 6) is -1.89. The van der Waals surface area contributed by atoms with Crippen molar-refractivity contribution in [2.75, 3.05) is 10.3 Å². The molecule has 0 atom stereocenters. The molecule has 4 aromatic rings. The number of amides is 3. The Labute approximate surface area is 200 Å². The van der Waals surface area contributed by atoms with Gasteiger partial charge in [0.05, 0.1) is 11.4 Å². The number of fused-ring (bicyclic) bond motifs is 1. The lowest BCUT2D eigenvalue weighted by Gasteiger charge is -2.13. The standard InChI is InChI=1S/C27H21FN4O3/c1-17-20(15-21-26(34)30-32(27(21)35)18-9-3-2-4-10-18)19-11-5-8-14-24(19)31(17)16-25(33)29-23-13-7-6-12-22(23)28/h2-15H,16H2,1H3,(H,29,33)(H,30,34)/b21-15-. The van der Waals surface area contributed by atoms with Gasteiger partial charge in [-0.25, -0.2) is 9.40 Å². The van der Waals surface area contributed by atoms with Crippen LogP contribution >= 0.6 is 0 Å². The maximum absolute atomic E-state index is 14.0. The molecule has 0 aliphatic carbocycles. The Hall–Kier alpha value is -4.72. The molecule has 1 fully saturated rings. The Balaban J connectivity index is 1.50. The summed E-state index contributed by atoms with van der Waals surface area (Å²) in [4.78, 5) is 38.5. The van der Waals surface area contributed by atoms with Crippen molar-refractivity contribution in [2.24, 2.45) is 0 Å². The van der Waals surface area contributed by atoms with Gasteiger partial charge in [0, 0.05) is 22.2 Å². The number of benzene rings is 3. The summed E-state index contributed by atoms with van der Waals surface area (Å²) in [7, 11) is 0. The van der Waals surface area contributed by atoms with Crippen LogP contribution < -0.4 is 15.8 Å². The number of para-hydroxylation sites is 3. The number of hydrazine groups is 1. The van der Waals surface area contributed by atoms with Gasteiger partial charge in [-0.05, 0) is 43.3 Å². The number of nitrogens with zero attached hydrogens (tertiary/aromatic N) is 2. The highest BCUT2D eigenvalue weighted by molar-refractivity contribution is 6.32. The van der Waals surface area contributed by atoms with Crippen LogP contribution in [0.3, 0.4) is 0 Å². The number of nitrogens with one attached hydrogen (secondary N) is 2. The van der Waals surface area contributed by atoms with E-state index in [4.69, 9.17) is 0 Å². The van der Waals surface area contributed by atoms with Crippen molar-refractivity contribution in [3.05, 3.63) is 102 Å². The lowest BCUT2D eigenvalue weighted by molar-refractivity contribution is -0.118. The summed E-state index contributed by atoms with van der Waals surface area (Å²) >= 11 is 0. The zero-order chi connectivity index (χ0) is 24.5. The minimum absolute atomic E-state index is 0.00401. The second kappa shape index (κ2) is 8.90. The van der Waals surface area contributed by atoms with Crippen LogP contribution in [0.25, 0.3) is 17.0 Å². The SMILES string of the molecule is Cc1c(/C=C2/C(=O)NN(c3ccccc3)C2=O)c2ccccc2n1CC(=O)Nc1ccccc1F. The molecule has 8 heteroatoms. The quantitative estimate of drug-likeness (QED) is 0.340. The molecule has 0 spiro atoms. The number of carbonyl (C=O) groups is 3. The smallest absolute Gasteiger partial charge is 0.282 e. The maximum Gasteiger partial charge on any atom is 0.282 e. The molecule has 7 nitrogen and oxygen atoms in total. The van der Waals surface area contributed by atoms with Crippen molar-refractivity contribution in [2.45, 2.75) is 13.5 Å². The third kappa shape index (κ3) is 4.06.